The number of anilines is 1. The van der Waals surface area contributed by atoms with Crippen molar-refractivity contribution in [1.29, 1.82) is 0 Å². The summed E-state index contributed by atoms with van der Waals surface area (Å²) in [6.45, 7) is -0.441. The minimum absolute atomic E-state index is 0.101. The molecule has 3 rings (SSSR count). The van der Waals surface area contributed by atoms with Gasteiger partial charge in [-0.2, -0.15) is 0 Å². The van der Waals surface area contributed by atoms with E-state index in [-0.39, 0.29) is 22.9 Å². The summed E-state index contributed by atoms with van der Waals surface area (Å²) in [4.78, 5) is 21.8. The lowest BCUT2D eigenvalue weighted by molar-refractivity contribution is -0.0517. The van der Waals surface area contributed by atoms with Crippen molar-refractivity contribution < 1.29 is 20.1 Å². The number of H-pyrrole nitrogens is 1. The number of hydrogen-bond donors (Lipinski definition) is 5. The summed E-state index contributed by atoms with van der Waals surface area (Å²) >= 11 is 0. The minimum atomic E-state index is -1.27. The van der Waals surface area contributed by atoms with Crippen molar-refractivity contribution in [3.05, 3.63) is 28.9 Å². The molecule has 2 aromatic rings. The first-order valence-electron chi connectivity index (χ1n) is 6.53. The van der Waals surface area contributed by atoms with Gasteiger partial charge in [0.1, 0.15) is 29.8 Å². The van der Waals surface area contributed by atoms with Gasteiger partial charge in [-0.15, -0.1) is 0 Å². The van der Waals surface area contributed by atoms with E-state index >= 15 is 0 Å². The Hall–Kier alpha value is -2.27. The normalized spacial score (nSPS) is 28.1. The fourth-order valence-corrected chi connectivity index (χ4v) is 2.36. The van der Waals surface area contributed by atoms with Crippen molar-refractivity contribution in [2.45, 2.75) is 24.5 Å². The molecule has 1 aliphatic heterocycles. The molecule has 3 heterocycles. The Kier molecular flexibility index (Phi) is 3.66. The van der Waals surface area contributed by atoms with Gasteiger partial charge in [0.15, 0.2) is 12.1 Å². The molecule has 6 N–H and O–H groups in total. The summed E-state index contributed by atoms with van der Waals surface area (Å²) in [5, 5.41) is 28.9. The number of imidazole rings is 1. The average molecular weight is 309 g/mol. The quantitative estimate of drug-likeness (QED) is 0.428. The third kappa shape index (κ3) is 2.27. The van der Waals surface area contributed by atoms with Crippen LogP contribution in [0.15, 0.2) is 23.4 Å². The molecule has 10 nitrogen and oxygen atoms in total. The lowest BCUT2D eigenvalue weighted by atomic mass is 10.1. The number of nitrogen functional groups attached to an aromatic ring is 1. The molecule has 1 saturated heterocycles. The first-order chi connectivity index (χ1) is 10.5. The molecule has 0 aromatic carbocycles. The number of nitrogens with zero attached hydrogens (tertiary/aromatic N) is 3. The van der Waals surface area contributed by atoms with Crippen LogP contribution in [0.4, 0.5) is 5.82 Å². The Bertz CT molecular complexity index is 729. The van der Waals surface area contributed by atoms with Crippen molar-refractivity contribution >= 4 is 5.82 Å². The van der Waals surface area contributed by atoms with Crippen molar-refractivity contribution in [2.75, 3.05) is 12.3 Å². The van der Waals surface area contributed by atoms with Crippen LogP contribution in [0.3, 0.4) is 0 Å². The second-order valence-corrected chi connectivity index (χ2v) is 4.90. The van der Waals surface area contributed by atoms with Crippen LogP contribution < -0.4 is 11.3 Å². The minimum Gasteiger partial charge on any atom is -0.394 e. The molecule has 4 atom stereocenters. The van der Waals surface area contributed by atoms with Crippen molar-refractivity contribution in [3.63, 3.8) is 0 Å². The van der Waals surface area contributed by atoms with Gasteiger partial charge in [-0.05, 0) is 0 Å². The summed E-state index contributed by atoms with van der Waals surface area (Å²) in [6, 6.07) is 1.25. The molecule has 10 heteroatoms. The highest BCUT2D eigenvalue weighted by atomic mass is 16.6. The number of nitrogens with one attached hydrogen (secondary N) is 1. The monoisotopic (exact) mass is 309 g/mol. The summed E-state index contributed by atoms with van der Waals surface area (Å²) in [5.74, 6) is 0.277. The maximum Gasteiger partial charge on any atom is 0.251 e. The highest BCUT2D eigenvalue weighted by Crippen LogP contribution is 2.33. The second-order valence-electron chi connectivity index (χ2n) is 4.90. The van der Waals surface area contributed by atoms with Gasteiger partial charge < -0.3 is 30.8 Å². The van der Waals surface area contributed by atoms with Crippen molar-refractivity contribution in [3.8, 4) is 11.5 Å². The molecule has 0 amide bonds. The number of aromatic nitrogens is 4. The summed E-state index contributed by atoms with van der Waals surface area (Å²) in [5.41, 5.74) is 5.83. The molecule has 1 fully saturated rings. The van der Waals surface area contributed by atoms with Crippen LogP contribution in [-0.4, -0.2) is 59.8 Å². The maximum absolute atomic E-state index is 11.3. The van der Waals surface area contributed by atoms with Crippen LogP contribution in [-0.2, 0) is 4.74 Å². The molecule has 0 unspecified atom stereocenters. The average Bonchev–Trinajstić information content (AvgIpc) is 3.01. The van der Waals surface area contributed by atoms with E-state index in [0.717, 1.165) is 0 Å². The van der Waals surface area contributed by atoms with Crippen LogP contribution >= 0.6 is 0 Å². The van der Waals surface area contributed by atoms with Crippen molar-refractivity contribution in [1.82, 2.24) is 19.5 Å². The predicted molar refractivity (Wildman–Crippen MR) is 73.5 cm³/mol. The summed E-state index contributed by atoms with van der Waals surface area (Å²) < 4.78 is 6.69. The Labute approximate surface area is 123 Å². The molecule has 0 radical (unpaired) electrons. The van der Waals surface area contributed by atoms with E-state index in [1.54, 1.807) is 0 Å². The highest BCUT2D eigenvalue weighted by molar-refractivity contribution is 5.64. The van der Waals surface area contributed by atoms with E-state index in [0.29, 0.717) is 0 Å². The smallest absolute Gasteiger partial charge is 0.251 e. The molecule has 2 aromatic heterocycles. The Morgan fingerprint density at radius 3 is 2.77 bits per heavy atom. The van der Waals surface area contributed by atoms with Gasteiger partial charge in [0.05, 0.1) is 12.9 Å². The Morgan fingerprint density at radius 1 is 1.36 bits per heavy atom. The topological polar surface area (TPSA) is 160 Å². The number of aromatic amines is 1. The second kappa shape index (κ2) is 5.50. The molecule has 22 heavy (non-hydrogen) atoms. The number of ether oxygens (including phenoxy) is 1. The van der Waals surface area contributed by atoms with Gasteiger partial charge in [0.25, 0.3) is 5.56 Å². The largest absolute Gasteiger partial charge is 0.394 e. The molecular weight excluding hydrogens is 294 g/mol. The maximum atomic E-state index is 11.3. The lowest BCUT2D eigenvalue weighted by Gasteiger charge is -2.17. The SMILES string of the molecule is Nc1c(-c2nccc(=O)[nH]2)ncn1[C@@H]1O[C@@H](CO)[C@@H](O)[C@H]1O. The molecule has 0 saturated carbocycles. The zero-order chi connectivity index (χ0) is 15.9. The third-order valence-corrected chi connectivity index (χ3v) is 3.52. The van der Waals surface area contributed by atoms with Gasteiger partial charge in [-0.25, -0.2) is 9.97 Å². The fourth-order valence-electron chi connectivity index (χ4n) is 2.36. The van der Waals surface area contributed by atoms with Gasteiger partial charge in [-0.3, -0.25) is 9.36 Å². The zero-order valence-corrected chi connectivity index (χ0v) is 11.3. The number of aliphatic hydroxyl groups is 3. The predicted octanol–water partition coefficient (Wildman–Crippen LogP) is -2.17. The van der Waals surface area contributed by atoms with Crippen LogP contribution in [0.1, 0.15) is 6.23 Å². The van der Waals surface area contributed by atoms with Crippen LogP contribution in [0.25, 0.3) is 11.5 Å². The summed E-state index contributed by atoms with van der Waals surface area (Å²) in [7, 11) is 0. The van der Waals surface area contributed by atoms with Crippen molar-refractivity contribution in [2.24, 2.45) is 0 Å². The molecule has 1 aliphatic rings. The van der Waals surface area contributed by atoms with Crippen LogP contribution in [0, 0.1) is 0 Å². The van der Waals surface area contributed by atoms with Gasteiger partial charge in [0.2, 0.25) is 0 Å². The van der Waals surface area contributed by atoms with Crippen LogP contribution in [0.2, 0.25) is 0 Å². The van der Waals surface area contributed by atoms with E-state index in [1.807, 2.05) is 0 Å². The van der Waals surface area contributed by atoms with E-state index in [1.165, 1.54) is 23.2 Å². The number of hydrogen-bond acceptors (Lipinski definition) is 8. The van der Waals surface area contributed by atoms with Crippen LogP contribution in [0.5, 0.6) is 0 Å². The number of nitrogens with two attached hydrogens (primary N) is 1. The Morgan fingerprint density at radius 2 is 2.14 bits per heavy atom. The van der Waals surface area contributed by atoms with E-state index in [9.17, 15) is 15.0 Å². The first kappa shape index (κ1) is 14.7. The zero-order valence-electron chi connectivity index (χ0n) is 11.3. The molecular formula is C12H15N5O5. The van der Waals surface area contributed by atoms with E-state index in [4.69, 9.17) is 15.6 Å². The fraction of sp³-hybridized carbons (Fsp3) is 0.417. The number of aliphatic hydroxyl groups excluding tert-OH is 3. The first-order valence-corrected chi connectivity index (χ1v) is 6.53. The third-order valence-electron chi connectivity index (χ3n) is 3.52. The van der Waals surface area contributed by atoms with Gasteiger partial charge >= 0.3 is 0 Å². The highest BCUT2D eigenvalue weighted by Gasteiger charge is 2.44. The Balaban J connectivity index is 1.96. The van der Waals surface area contributed by atoms with Gasteiger partial charge in [0, 0.05) is 12.3 Å². The molecule has 0 aliphatic carbocycles. The summed E-state index contributed by atoms with van der Waals surface area (Å²) in [6.07, 6.45) is -1.81. The van der Waals surface area contributed by atoms with E-state index < -0.39 is 31.1 Å². The molecule has 118 valence electrons. The van der Waals surface area contributed by atoms with Gasteiger partial charge in [-0.1, -0.05) is 0 Å². The standard InChI is InChI=1S/C12H15N5O5/c13-10-7(11-14-2-1-6(19)16-11)15-4-17(10)12-9(21)8(20)5(3-18)22-12/h1-2,4-5,8-9,12,18,20-21H,3,13H2,(H,14,16,19)/t5-,8+,9+,12+/m0/s1. The molecule has 0 spiro atoms. The number of rotatable bonds is 3. The lowest BCUT2D eigenvalue weighted by Crippen LogP contribution is -2.33. The van der Waals surface area contributed by atoms with E-state index in [2.05, 4.69) is 15.0 Å². The molecule has 0 bridgehead atoms.